The van der Waals surface area contributed by atoms with Gasteiger partial charge in [-0.2, -0.15) is 0 Å². The zero-order valence-corrected chi connectivity index (χ0v) is 23.8. The van der Waals surface area contributed by atoms with Crippen LogP contribution in [0.5, 0.6) is 0 Å². The van der Waals surface area contributed by atoms with Crippen molar-refractivity contribution in [3.63, 3.8) is 0 Å². The molecular formula is C31H50O5. The predicted molar refractivity (Wildman–Crippen MR) is 141 cm³/mol. The summed E-state index contributed by atoms with van der Waals surface area (Å²) < 4.78 is 11.7. The summed E-state index contributed by atoms with van der Waals surface area (Å²) in [4.78, 5) is 23.8. The molecule has 3 saturated carbocycles. The molecule has 204 valence electrons. The summed E-state index contributed by atoms with van der Waals surface area (Å²) in [5.41, 5.74) is 0.926. The molecule has 0 radical (unpaired) electrons. The molecule has 0 spiro atoms. The first kappa shape index (κ1) is 27.7. The molecule has 5 heteroatoms. The molecule has 0 bridgehead atoms. The van der Waals surface area contributed by atoms with Gasteiger partial charge in [-0.1, -0.05) is 52.2 Å². The summed E-state index contributed by atoms with van der Waals surface area (Å²) in [6, 6.07) is 0. The lowest BCUT2D eigenvalue weighted by Gasteiger charge is -2.59. The van der Waals surface area contributed by atoms with Gasteiger partial charge in [0.15, 0.2) is 0 Å². The first-order valence-electron chi connectivity index (χ1n) is 14.5. The van der Waals surface area contributed by atoms with E-state index in [1.807, 2.05) is 0 Å². The molecule has 1 N–H and O–H groups in total. The van der Waals surface area contributed by atoms with Crippen LogP contribution in [0.3, 0.4) is 0 Å². The average Bonchev–Trinajstić information content (AvgIpc) is 3.12. The SMILES string of the molecule is CC(=O)O[C@H]1CC[C@]2(C)C3=CC[C@@]4(C)[C@@H](CC[C@@H]4[C@](C)(O)CCCC(C)C)[C@@H]3C[C@H](OC(C)=O)[C@H]2C1. The number of ether oxygens (including phenoxy) is 2. The second kappa shape index (κ2) is 10.1. The quantitative estimate of drug-likeness (QED) is 0.313. The van der Waals surface area contributed by atoms with E-state index in [9.17, 15) is 14.7 Å². The molecule has 36 heavy (non-hydrogen) atoms. The van der Waals surface area contributed by atoms with Gasteiger partial charge in [0.25, 0.3) is 0 Å². The summed E-state index contributed by atoms with van der Waals surface area (Å²) in [6.45, 7) is 14.4. The minimum atomic E-state index is -0.651. The highest BCUT2D eigenvalue weighted by molar-refractivity contribution is 5.66. The fraction of sp³-hybridized carbons (Fsp3) is 0.871. The molecule has 0 saturated heterocycles. The fourth-order valence-corrected chi connectivity index (χ4v) is 9.26. The summed E-state index contributed by atoms with van der Waals surface area (Å²) in [6.07, 6.45) is 12.0. The van der Waals surface area contributed by atoms with Gasteiger partial charge in [-0.05, 0) is 92.8 Å². The zero-order valence-electron chi connectivity index (χ0n) is 23.8. The molecule has 4 rings (SSSR count). The smallest absolute Gasteiger partial charge is 0.302 e. The second-order valence-corrected chi connectivity index (χ2v) is 13.8. The van der Waals surface area contributed by atoms with Crippen molar-refractivity contribution >= 4 is 11.9 Å². The number of carbonyl (C=O) groups excluding carboxylic acids is 2. The molecular weight excluding hydrogens is 452 g/mol. The average molecular weight is 503 g/mol. The first-order chi connectivity index (χ1) is 16.8. The maximum Gasteiger partial charge on any atom is 0.302 e. The normalized spacial score (nSPS) is 41.4. The predicted octanol–water partition coefficient (Wildman–Crippen LogP) is 6.62. The number of rotatable bonds is 7. The summed E-state index contributed by atoms with van der Waals surface area (Å²) >= 11 is 0. The van der Waals surface area contributed by atoms with Gasteiger partial charge in [0.05, 0.1) is 5.60 Å². The molecule has 9 atom stereocenters. The van der Waals surface area contributed by atoms with E-state index in [1.165, 1.54) is 13.8 Å². The van der Waals surface area contributed by atoms with Crippen LogP contribution in [0.25, 0.3) is 0 Å². The van der Waals surface area contributed by atoms with Gasteiger partial charge in [0, 0.05) is 19.8 Å². The van der Waals surface area contributed by atoms with Crippen LogP contribution in [0.2, 0.25) is 0 Å². The number of carbonyl (C=O) groups is 2. The van der Waals surface area contributed by atoms with Crippen molar-refractivity contribution in [1.29, 1.82) is 0 Å². The monoisotopic (exact) mass is 502 g/mol. The number of aliphatic hydroxyl groups is 1. The molecule has 0 aromatic heterocycles. The second-order valence-electron chi connectivity index (χ2n) is 13.8. The van der Waals surface area contributed by atoms with E-state index in [0.29, 0.717) is 17.8 Å². The Morgan fingerprint density at radius 2 is 1.78 bits per heavy atom. The van der Waals surface area contributed by atoms with Crippen molar-refractivity contribution < 1.29 is 24.2 Å². The molecule has 0 heterocycles. The van der Waals surface area contributed by atoms with E-state index in [4.69, 9.17) is 9.47 Å². The zero-order chi connectivity index (χ0) is 26.5. The number of hydrogen-bond acceptors (Lipinski definition) is 5. The van der Waals surface area contributed by atoms with Crippen molar-refractivity contribution in [2.45, 2.75) is 130 Å². The van der Waals surface area contributed by atoms with Crippen LogP contribution < -0.4 is 0 Å². The van der Waals surface area contributed by atoms with Crippen LogP contribution in [0.1, 0.15) is 113 Å². The van der Waals surface area contributed by atoms with Gasteiger partial charge < -0.3 is 14.6 Å². The lowest BCUT2D eigenvalue weighted by molar-refractivity contribution is -0.168. The highest BCUT2D eigenvalue weighted by atomic mass is 16.5. The highest BCUT2D eigenvalue weighted by Crippen LogP contribution is 2.67. The Morgan fingerprint density at radius 1 is 1.08 bits per heavy atom. The van der Waals surface area contributed by atoms with Crippen LogP contribution in [0, 0.1) is 40.4 Å². The van der Waals surface area contributed by atoms with Crippen LogP contribution in [-0.2, 0) is 19.1 Å². The standard InChI is InChI=1S/C31H50O5/c1-19(2)9-8-14-31(7,34)28-11-10-24-23-18-27(36-21(4)33)26-17-22(35-20(3)32)12-15-29(26,5)25(23)13-16-30(24,28)6/h13,19,22-24,26-28,34H,8-12,14-18H2,1-7H3/t22-,23-,24-,26+,27-,28-,29+,30-,31+/m0/s1. The molecule has 0 amide bonds. The van der Waals surface area contributed by atoms with Gasteiger partial charge in [-0.3, -0.25) is 9.59 Å². The third-order valence-electron chi connectivity index (χ3n) is 10.8. The summed E-state index contributed by atoms with van der Waals surface area (Å²) in [5.74, 6) is 1.56. The largest absolute Gasteiger partial charge is 0.463 e. The number of hydrogen-bond donors (Lipinski definition) is 1. The van der Waals surface area contributed by atoms with E-state index in [2.05, 4.69) is 40.7 Å². The van der Waals surface area contributed by atoms with E-state index in [1.54, 1.807) is 5.57 Å². The Bertz CT molecular complexity index is 874. The Balaban J connectivity index is 1.61. The van der Waals surface area contributed by atoms with Crippen LogP contribution >= 0.6 is 0 Å². The maximum absolute atomic E-state index is 12.2. The van der Waals surface area contributed by atoms with Crippen molar-refractivity contribution in [2.24, 2.45) is 40.4 Å². The summed E-state index contributed by atoms with van der Waals surface area (Å²) in [7, 11) is 0. The molecule has 4 aliphatic rings. The molecule has 3 fully saturated rings. The fourth-order valence-electron chi connectivity index (χ4n) is 9.26. The van der Waals surface area contributed by atoms with Crippen molar-refractivity contribution in [2.75, 3.05) is 0 Å². The Labute approximate surface area is 218 Å². The number of esters is 2. The van der Waals surface area contributed by atoms with E-state index >= 15 is 0 Å². The molecule has 4 aliphatic carbocycles. The number of allylic oxidation sites excluding steroid dienone is 2. The van der Waals surface area contributed by atoms with Crippen molar-refractivity contribution in [1.82, 2.24) is 0 Å². The van der Waals surface area contributed by atoms with E-state index in [-0.39, 0.29) is 46.8 Å². The van der Waals surface area contributed by atoms with Gasteiger partial charge in [0.1, 0.15) is 12.2 Å². The van der Waals surface area contributed by atoms with Crippen LogP contribution in [0.4, 0.5) is 0 Å². The van der Waals surface area contributed by atoms with Gasteiger partial charge in [-0.25, -0.2) is 0 Å². The minimum absolute atomic E-state index is 0.0428. The Hall–Kier alpha value is -1.36. The number of fused-ring (bicyclic) bond motifs is 5. The Morgan fingerprint density at radius 3 is 2.42 bits per heavy atom. The highest BCUT2D eigenvalue weighted by Gasteiger charge is 2.62. The van der Waals surface area contributed by atoms with Crippen molar-refractivity contribution in [3.8, 4) is 0 Å². The molecule has 0 unspecified atom stereocenters. The summed E-state index contributed by atoms with van der Waals surface area (Å²) in [5, 5.41) is 11.7. The van der Waals surface area contributed by atoms with Crippen LogP contribution in [0.15, 0.2) is 11.6 Å². The van der Waals surface area contributed by atoms with E-state index in [0.717, 1.165) is 64.2 Å². The topological polar surface area (TPSA) is 72.8 Å². The lowest BCUT2D eigenvalue weighted by atomic mass is 9.47. The van der Waals surface area contributed by atoms with Gasteiger partial charge in [-0.15, -0.1) is 0 Å². The third kappa shape index (κ3) is 5.02. The van der Waals surface area contributed by atoms with Crippen LogP contribution in [-0.4, -0.2) is 34.9 Å². The molecule has 0 aliphatic heterocycles. The lowest BCUT2D eigenvalue weighted by Crippen LogP contribution is -2.55. The Kier molecular flexibility index (Phi) is 7.74. The van der Waals surface area contributed by atoms with Gasteiger partial charge >= 0.3 is 11.9 Å². The molecule has 5 nitrogen and oxygen atoms in total. The van der Waals surface area contributed by atoms with Gasteiger partial charge in [0.2, 0.25) is 0 Å². The molecule has 0 aromatic carbocycles. The van der Waals surface area contributed by atoms with E-state index < -0.39 is 5.60 Å². The first-order valence-corrected chi connectivity index (χ1v) is 14.5. The van der Waals surface area contributed by atoms with Crippen molar-refractivity contribution in [3.05, 3.63) is 11.6 Å². The maximum atomic E-state index is 12.2. The third-order valence-corrected chi connectivity index (χ3v) is 10.8. The molecule has 0 aromatic rings. The minimum Gasteiger partial charge on any atom is -0.463 e.